The van der Waals surface area contributed by atoms with Gasteiger partial charge in [0.1, 0.15) is 11.3 Å². The number of aromatic nitrogens is 4. The van der Waals surface area contributed by atoms with Gasteiger partial charge in [-0.25, -0.2) is 15.0 Å². The van der Waals surface area contributed by atoms with Crippen molar-refractivity contribution in [2.75, 3.05) is 5.32 Å². The molecule has 29 heavy (non-hydrogen) atoms. The molecule has 1 aromatic carbocycles. The summed E-state index contributed by atoms with van der Waals surface area (Å²) in [4.78, 5) is 30.0. The van der Waals surface area contributed by atoms with Crippen LogP contribution in [0, 0.1) is 6.92 Å². The third-order valence-corrected chi connectivity index (χ3v) is 5.19. The minimum atomic E-state index is -0.115. The fraction of sp³-hybridized carbons (Fsp3) is 0.0952. The van der Waals surface area contributed by atoms with E-state index in [1.54, 1.807) is 24.7 Å². The van der Waals surface area contributed by atoms with Crippen LogP contribution >= 0.6 is 15.9 Å². The molecule has 0 aliphatic carbocycles. The van der Waals surface area contributed by atoms with Crippen LogP contribution in [-0.4, -0.2) is 31.1 Å². The molecule has 0 saturated carbocycles. The van der Waals surface area contributed by atoms with Crippen LogP contribution in [0.3, 0.4) is 0 Å². The quantitative estimate of drug-likeness (QED) is 0.495. The highest BCUT2D eigenvalue weighted by Crippen LogP contribution is 2.29. The van der Waals surface area contributed by atoms with Crippen LogP contribution in [-0.2, 0) is 4.79 Å². The molecule has 0 fully saturated rings. The Morgan fingerprint density at radius 2 is 1.97 bits per heavy atom. The third kappa shape index (κ3) is 3.21. The van der Waals surface area contributed by atoms with Crippen LogP contribution in [0.5, 0.6) is 0 Å². The lowest BCUT2D eigenvalue weighted by atomic mass is 10.1. The fourth-order valence-electron chi connectivity index (χ4n) is 3.48. The average molecular weight is 447 g/mol. The van der Waals surface area contributed by atoms with E-state index in [9.17, 15) is 4.79 Å². The number of carbonyl (C=O) groups is 1. The van der Waals surface area contributed by atoms with Gasteiger partial charge in [-0.2, -0.15) is 0 Å². The van der Waals surface area contributed by atoms with E-state index in [1.807, 2.05) is 37.3 Å². The molecule has 1 N–H and O–H groups in total. The minimum absolute atomic E-state index is 0.115. The first kappa shape index (κ1) is 17.7. The topological polar surface area (TPSA) is 85.1 Å². The van der Waals surface area contributed by atoms with E-state index in [4.69, 9.17) is 0 Å². The first-order valence-electron chi connectivity index (χ1n) is 9.01. The standard InChI is InChI=1S/C21H15BrN6O/c1-12-25-18-11-23-7-6-19(18)28(12)15-4-2-13(3-5-15)16-9-20(29)26-17-8-14(22)10-24-21(17)27-16/h2-8,10-11H,9H2,1H3,(H,26,29). The molecular weight excluding hydrogens is 432 g/mol. The van der Waals surface area contributed by atoms with Gasteiger partial charge >= 0.3 is 0 Å². The predicted octanol–water partition coefficient (Wildman–Crippen LogP) is 4.35. The summed E-state index contributed by atoms with van der Waals surface area (Å²) in [5, 5.41) is 2.86. The molecule has 142 valence electrons. The number of amides is 1. The molecule has 7 nitrogen and oxygen atoms in total. The largest absolute Gasteiger partial charge is 0.323 e. The SMILES string of the molecule is Cc1nc2cnccc2n1-c1ccc(C2=Nc3ncc(Br)cc3NC(=O)C2)cc1. The Hall–Kier alpha value is -3.39. The third-order valence-electron chi connectivity index (χ3n) is 4.76. The number of anilines is 1. The molecule has 0 spiro atoms. The fourth-order valence-corrected chi connectivity index (χ4v) is 3.81. The van der Waals surface area contributed by atoms with E-state index in [0.717, 1.165) is 32.6 Å². The highest BCUT2D eigenvalue weighted by atomic mass is 79.9. The van der Waals surface area contributed by atoms with E-state index in [2.05, 4.69) is 45.8 Å². The van der Waals surface area contributed by atoms with E-state index >= 15 is 0 Å². The van der Waals surface area contributed by atoms with Crippen molar-refractivity contribution in [3.63, 3.8) is 0 Å². The summed E-state index contributed by atoms with van der Waals surface area (Å²) in [5.74, 6) is 1.27. The Morgan fingerprint density at radius 3 is 2.79 bits per heavy atom. The smallest absolute Gasteiger partial charge is 0.230 e. The summed E-state index contributed by atoms with van der Waals surface area (Å²) >= 11 is 3.37. The summed E-state index contributed by atoms with van der Waals surface area (Å²) in [6.45, 7) is 1.97. The Bertz CT molecular complexity index is 1290. The maximum atomic E-state index is 12.3. The van der Waals surface area contributed by atoms with E-state index in [0.29, 0.717) is 17.2 Å². The number of hydrogen-bond acceptors (Lipinski definition) is 5. The monoisotopic (exact) mass is 446 g/mol. The van der Waals surface area contributed by atoms with Crippen LogP contribution < -0.4 is 5.32 Å². The summed E-state index contributed by atoms with van der Waals surface area (Å²) < 4.78 is 2.87. The molecule has 0 radical (unpaired) electrons. The Kier molecular flexibility index (Phi) is 4.21. The lowest BCUT2D eigenvalue weighted by Crippen LogP contribution is -2.15. The van der Waals surface area contributed by atoms with Crippen molar-refractivity contribution >= 4 is 50.1 Å². The number of pyridine rings is 2. The number of fused-ring (bicyclic) bond motifs is 2. The zero-order valence-electron chi connectivity index (χ0n) is 15.4. The van der Waals surface area contributed by atoms with Gasteiger partial charge in [0.25, 0.3) is 0 Å². The van der Waals surface area contributed by atoms with Gasteiger partial charge in [0.05, 0.1) is 29.5 Å². The zero-order valence-corrected chi connectivity index (χ0v) is 17.0. The van der Waals surface area contributed by atoms with Crippen LogP contribution in [0.15, 0.2) is 64.5 Å². The van der Waals surface area contributed by atoms with Gasteiger partial charge in [-0.1, -0.05) is 12.1 Å². The zero-order chi connectivity index (χ0) is 20.0. The summed E-state index contributed by atoms with van der Waals surface area (Å²) in [6, 6.07) is 11.7. The van der Waals surface area contributed by atoms with Crippen molar-refractivity contribution in [3.05, 3.63) is 70.8 Å². The molecule has 8 heteroatoms. The number of aryl methyl sites for hydroxylation is 1. The van der Waals surface area contributed by atoms with E-state index < -0.39 is 0 Å². The van der Waals surface area contributed by atoms with Gasteiger partial charge in [-0.3, -0.25) is 14.3 Å². The van der Waals surface area contributed by atoms with Crippen molar-refractivity contribution < 1.29 is 4.79 Å². The van der Waals surface area contributed by atoms with Crippen molar-refractivity contribution in [3.8, 4) is 5.69 Å². The molecule has 0 unspecified atom stereocenters. The van der Waals surface area contributed by atoms with Crippen LogP contribution in [0.25, 0.3) is 16.7 Å². The predicted molar refractivity (Wildman–Crippen MR) is 115 cm³/mol. The molecule has 1 aliphatic heterocycles. The average Bonchev–Trinajstić information content (AvgIpc) is 2.95. The summed E-state index contributed by atoms with van der Waals surface area (Å²) in [5.41, 5.74) is 5.00. The first-order valence-corrected chi connectivity index (χ1v) is 9.80. The molecule has 1 amide bonds. The Labute approximate surface area is 174 Å². The number of carbonyl (C=O) groups excluding carboxylic acids is 1. The number of benzene rings is 1. The van der Waals surface area contributed by atoms with E-state index in [1.165, 1.54) is 0 Å². The van der Waals surface area contributed by atoms with Crippen molar-refractivity contribution in [1.29, 1.82) is 0 Å². The highest BCUT2D eigenvalue weighted by molar-refractivity contribution is 9.10. The molecule has 0 atom stereocenters. The normalized spacial score (nSPS) is 13.6. The number of aliphatic imine (C=N–C) groups is 1. The molecule has 4 heterocycles. The highest BCUT2D eigenvalue weighted by Gasteiger charge is 2.18. The molecule has 0 saturated heterocycles. The lowest BCUT2D eigenvalue weighted by Gasteiger charge is -2.09. The maximum Gasteiger partial charge on any atom is 0.230 e. The second kappa shape index (κ2) is 6.89. The Balaban J connectivity index is 1.55. The Morgan fingerprint density at radius 1 is 1.14 bits per heavy atom. The maximum absolute atomic E-state index is 12.3. The number of nitrogens with zero attached hydrogens (tertiary/aromatic N) is 5. The second-order valence-corrected chi connectivity index (χ2v) is 7.63. The van der Waals surface area contributed by atoms with Crippen molar-refractivity contribution in [1.82, 2.24) is 19.5 Å². The first-order chi connectivity index (χ1) is 14.1. The van der Waals surface area contributed by atoms with Crippen molar-refractivity contribution in [2.45, 2.75) is 13.3 Å². The van der Waals surface area contributed by atoms with Crippen LogP contribution in [0.2, 0.25) is 0 Å². The number of nitrogens with one attached hydrogen (secondary N) is 1. The van der Waals surface area contributed by atoms with Crippen molar-refractivity contribution in [2.24, 2.45) is 4.99 Å². The molecule has 0 bridgehead atoms. The number of halogens is 1. The summed E-state index contributed by atoms with van der Waals surface area (Å²) in [6.07, 6.45) is 5.37. The summed E-state index contributed by atoms with van der Waals surface area (Å²) in [7, 11) is 0. The van der Waals surface area contributed by atoms with Gasteiger partial charge < -0.3 is 5.32 Å². The van der Waals surface area contributed by atoms with Crippen LogP contribution in [0.1, 0.15) is 17.8 Å². The molecule has 4 aromatic rings. The number of hydrogen-bond donors (Lipinski definition) is 1. The molecule has 1 aliphatic rings. The van der Waals surface area contributed by atoms with Gasteiger partial charge in [-0.15, -0.1) is 0 Å². The van der Waals surface area contributed by atoms with Gasteiger partial charge in [0.15, 0.2) is 5.82 Å². The molecule has 5 rings (SSSR count). The number of imidazole rings is 1. The molecular formula is C21H15BrN6O. The number of rotatable bonds is 2. The molecule has 3 aromatic heterocycles. The minimum Gasteiger partial charge on any atom is -0.323 e. The van der Waals surface area contributed by atoms with E-state index in [-0.39, 0.29) is 12.3 Å². The van der Waals surface area contributed by atoms with Crippen LogP contribution in [0.4, 0.5) is 11.5 Å². The lowest BCUT2D eigenvalue weighted by molar-refractivity contribution is -0.115. The van der Waals surface area contributed by atoms with Gasteiger partial charge in [-0.05, 0) is 52.7 Å². The van der Waals surface area contributed by atoms with Gasteiger partial charge in [0, 0.05) is 22.6 Å². The van der Waals surface area contributed by atoms with Gasteiger partial charge in [0.2, 0.25) is 5.91 Å². The second-order valence-electron chi connectivity index (χ2n) is 6.71.